The molecule has 0 bridgehead atoms. The van der Waals surface area contributed by atoms with E-state index in [0.29, 0.717) is 5.56 Å². The largest absolute Gasteiger partial charge is 0.465 e. The number of pyridine rings is 1. The van der Waals surface area contributed by atoms with Crippen molar-refractivity contribution in [2.45, 2.75) is 45.2 Å². The lowest BCUT2D eigenvalue weighted by Gasteiger charge is -2.24. The molecule has 220 valence electrons. The highest BCUT2D eigenvalue weighted by Crippen LogP contribution is 2.46. The fraction of sp³-hybridized carbons (Fsp3) is 0.385. The maximum atomic E-state index is 14.1. The third-order valence-electron chi connectivity index (χ3n) is 6.32. The molecule has 3 aromatic rings. The Labute approximate surface area is 233 Å². The summed E-state index contributed by atoms with van der Waals surface area (Å²) in [6, 6.07) is 8.65. The molecule has 3 heterocycles. The summed E-state index contributed by atoms with van der Waals surface area (Å²) in [7, 11) is -4.33. The van der Waals surface area contributed by atoms with Crippen molar-refractivity contribution >= 4 is 13.7 Å². The highest BCUT2D eigenvalue weighted by molar-refractivity contribution is 7.52. The van der Waals surface area contributed by atoms with Crippen molar-refractivity contribution in [3.05, 3.63) is 81.5 Å². The quantitative estimate of drug-likeness (QED) is 0.221. The van der Waals surface area contributed by atoms with Gasteiger partial charge >= 0.3 is 19.4 Å². The van der Waals surface area contributed by atoms with E-state index < -0.39 is 67.8 Å². The zero-order valence-corrected chi connectivity index (χ0v) is 23.3. The second-order valence-electron chi connectivity index (χ2n) is 9.28. The van der Waals surface area contributed by atoms with E-state index in [0.717, 1.165) is 10.6 Å². The summed E-state index contributed by atoms with van der Waals surface area (Å²) in [4.78, 5) is 42.1. The highest BCUT2D eigenvalue weighted by Gasteiger charge is 2.44. The molecule has 1 fully saturated rings. The van der Waals surface area contributed by atoms with E-state index in [1.165, 1.54) is 55.7 Å². The zero-order valence-electron chi connectivity index (χ0n) is 22.4. The maximum absolute atomic E-state index is 14.1. The van der Waals surface area contributed by atoms with Crippen molar-refractivity contribution in [2.75, 3.05) is 13.2 Å². The van der Waals surface area contributed by atoms with Crippen molar-refractivity contribution in [3.63, 3.8) is 0 Å². The molecule has 1 aliphatic rings. The van der Waals surface area contributed by atoms with Gasteiger partial charge in [-0.15, -0.1) is 0 Å². The number of carbonyl (C=O) groups excluding carboxylic acids is 1. The average Bonchev–Trinajstić information content (AvgIpc) is 3.21. The Hall–Kier alpha value is -3.68. The van der Waals surface area contributed by atoms with Gasteiger partial charge in [0.2, 0.25) is 0 Å². The van der Waals surface area contributed by atoms with E-state index in [4.69, 9.17) is 18.5 Å². The second kappa shape index (κ2) is 12.9. The number of aromatic nitrogens is 3. The van der Waals surface area contributed by atoms with Crippen molar-refractivity contribution in [1.82, 2.24) is 19.6 Å². The number of nitrogens with one attached hydrogen (secondary N) is 2. The van der Waals surface area contributed by atoms with Crippen LogP contribution in [-0.2, 0) is 23.4 Å². The van der Waals surface area contributed by atoms with Crippen LogP contribution >= 0.6 is 7.75 Å². The van der Waals surface area contributed by atoms with Gasteiger partial charge in [-0.3, -0.25) is 28.6 Å². The minimum Gasteiger partial charge on any atom is -0.465 e. The molecule has 0 spiro atoms. The number of carbonyl (C=O) groups is 1. The number of hydrogen-bond acceptors (Lipinski definition) is 10. The molecule has 41 heavy (non-hydrogen) atoms. The molecule has 0 saturated carbocycles. The summed E-state index contributed by atoms with van der Waals surface area (Å²) in [6.45, 7) is 4.29. The predicted octanol–water partition coefficient (Wildman–Crippen LogP) is 2.38. The summed E-state index contributed by atoms with van der Waals surface area (Å²) >= 11 is 0. The van der Waals surface area contributed by atoms with Crippen LogP contribution < -0.4 is 20.9 Å². The minimum absolute atomic E-state index is 0.0657. The molecule has 1 aliphatic heterocycles. The number of hydrogen-bond donors (Lipinski definition) is 3. The van der Waals surface area contributed by atoms with Gasteiger partial charge in [0, 0.05) is 29.9 Å². The predicted molar refractivity (Wildman–Crippen MR) is 143 cm³/mol. The van der Waals surface area contributed by atoms with Crippen LogP contribution in [0.1, 0.15) is 27.0 Å². The number of nitrogens with zero attached hydrogens (tertiary/aromatic N) is 2. The lowest BCUT2D eigenvalue weighted by Crippen LogP contribution is -2.36. The third kappa shape index (κ3) is 7.16. The fourth-order valence-corrected chi connectivity index (χ4v) is 5.71. The lowest BCUT2D eigenvalue weighted by atomic mass is 10.0. The average molecular weight is 593 g/mol. The minimum atomic E-state index is -4.33. The van der Waals surface area contributed by atoms with E-state index in [1.54, 1.807) is 13.8 Å². The van der Waals surface area contributed by atoms with Gasteiger partial charge < -0.3 is 19.1 Å². The Morgan fingerprint density at radius 3 is 2.66 bits per heavy atom. The number of halogens is 1. The number of H-pyrrole nitrogens is 1. The lowest BCUT2D eigenvalue weighted by molar-refractivity contribution is -0.144. The van der Waals surface area contributed by atoms with Crippen LogP contribution in [0.4, 0.5) is 4.39 Å². The monoisotopic (exact) mass is 592 g/mol. The molecule has 15 heteroatoms. The molecule has 1 aromatic carbocycles. The van der Waals surface area contributed by atoms with Gasteiger partial charge in [-0.1, -0.05) is 6.92 Å². The molecule has 3 N–H and O–H groups in total. The number of rotatable bonds is 11. The van der Waals surface area contributed by atoms with Crippen LogP contribution in [0.3, 0.4) is 0 Å². The third-order valence-corrected chi connectivity index (χ3v) is 7.97. The van der Waals surface area contributed by atoms with Gasteiger partial charge in [0.1, 0.15) is 35.6 Å². The van der Waals surface area contributed by atoms with Crippen LogP contribution in [0.25, 0.3) is 11.3 Å². The topological polar surface area (TPSA) is 171 Å². The molecule has 13 nitrogen and oxygen atoms in total. The molecule has 1 unspecified atom stereocenters. The second-order valence-corrected chi connectivity index (χ2v) is 11.0. The number of aliphatic hydroxyl groups excluding tert-OH is 1. The van der Waals surface area contributed by atoms with E-state index in [9.17, 15) is 28.4 Å². The highest BCUT2D eigenvalue weighted by atomic mass is 31.2. The van der Waals surface area contributed by atoms with Crippen LogP contribution in [-0.4, -0.2) is 57.1 Å². The van der Waals surface area contributed by atoms with Gasteiger partial charge in [-0.05, 0) is 50.2 Å². The van der Waals surface area contributed by atoms with Crippen molar-refractivity contribution < 1.29 is 37.4 Å². The van der Waals surface area contributed by atoms with Gasteiger partial charge in [0.15, 0.2) is 0 Å². The Morgan fingerprint density at radius 1 is 1.27 bits per heavy atom. The number of aromatic amines is 1. The van der Waals surface area contributed by atoms with Crippen molar-refractivity contribution in [1.29, 1.82) is 0 Å². The Bertz CT molecular complexity index is 1530. The first-order valence-corrected chi connectivity index (χ1v) is 14.3. The van der Waals surface area contributed by atoms with Crippen molar-refractivity contribution in [3.8, 4) is 17.0 Å². The fourth-order valence-electron chi connectivity index (χ4n) is 4.20. The Balaban J connectivity index is 1.52. The van der Waals surface area contributed by atoms with E-state index in [-0.39, 0.29) is 18.1 Å². The van der Waals surface area contributed by atoms with Gasteiger partial charge in [0.05, 0.1) is 19.3 Å². The number of esters is 1. The Kier molecular flexibility index (Phi) is 9.51. The SMILES string of the molecule is CCOC(=O)[C@H](C)NP(=O)(OC[C@H]1O[C@@H](n2ccc(=O)[nH]c2=O)[C@@H](C)[C@@H]1O)Oc1ccc(-c2ncccc2F)cc1. The number of benzene rings is 1. The molecular weight excluding hydrogens is 562 g/mol. The molecule has 2 aromatic heterocycles. The van der Waals surface area contributed by atoms with Crippen LogP contribution in [0.2, 0.25) is 0 Å². The first-order chi connectivity index (χ1) is 19.5. The maximum Gasteiger partial charge on any atom is 0.459 e. The molecule has 0 aliphatic carbocycles. The number of aliphatic hydroxyl groups is 1. The molecule has 4 rings (SSSR count). The molecule has 0 amide bonds. The van der Waals surface area contributed by atoms with Crippen LogP contribution in [0.15, 0.2) is 64.4 Å². The van der Waals surface area contributed by atoms with Crippen LogP contribution in [0, 0.1) is 11.7 Å². The summed E-state index contributed by atoms with van der Waals surface area (Å²) in [5.41, 5.74) is -0.754. The summed E-state index contributed by atoms with van der Waals surface area (Å²) in [5, 5.41) is 13.3. The zero-order chi connectivity index (χ0) is 29.7. The number of ether oxygens (including phenoxy) is 2. The standard InChI is InChI=1S/C26H30FN4O9P/c1-4-37-25(34)16(3)30-41(36,40-18-9-7-17(8-10-18)22-19(27)6-5-12-28-22)38-14-20-23(33)15(2)24(39-20)31-13-11-21(32)29-26(31)35/h5-13,15-16,20,23-24,33H,4,14H2,1-3H3,(H,30,36)(H,29,32,35)/t15-,16-,20+,23-,24+,41?/m0/s1. The van der Waals surface area contributed by atoms with E-state index in [2.05, 4.69) is 15.1 Å². The van der Waals surface area contributed by atoms with E-state index in [1.807, 2.05) is 0 Å². The normalized spacial score (nSPS) is 22.6. The molecule has 6 atom stereocenters. The van der Waals surface area contributed by atoms with Crippen molar-refractivity contribution in [2.24, 2.45) is 5.92 Å². The van der Waals surface area contributed by atoms with Gasteiger partial charge in [0.25, 0.3) is 5.56 Å². The summed E-state index contributed by atoms with van der Waals surface area (Å²) in [5.74, 6) is -1.77. The first-order valence-electron chi connectivity index (χ1n) is 12.8. The molecule has 1 saturated heterocycles. The first kappa shape index (κ1) is 30.3. The molecule has 0 radical (unpaired) electrons. The summed E-state index contributed by atoms with van der Waals surface area (Å²) in [6.07, 6.45) is -0.462. The Morgan fingerprint density at radius 2 is 2.00 bits per heavy atom. The van der Waals surface area contributed by atoms with Gasteiger partial charge in [-0.25, -0.2) is 13.8 Å². The molecular formula is C26H30FN4O9P. The van der Waals surface area contributed by atoms with Gasteiger partial charge in [-0.2, -0.15) is 5.09 Å². The van der Waals surface area contributed by atoms with E-state index >= 15 is 0 Å². The van der Waals surface area contributed by atoms with Crippen LogP contribution in [0.5, 0.6) is 5.75 Å². The summed E-state index contributed by atoms with van der Waals surface area (Å²) < 4.78 is 51.2. The smallest absolute Gasteiger partial charge is 0.459 e.